The molecule has 21 heavy (non-hydrogen) atoms. The fraction of sp³-hybridized carbons (Fsp3) is 0.688. The van der Waals surface area contributed by atoms with E-state index in [2.05, 4.69) is 42.1 Å². The number of likely N-dealkylation sites (N-methyl/N-ethyl adjacent to an activating group) is 1. The second kappa shape index (κ2) is 6.07. The second-order valence-electron chi connectivity index (χ2n) is 6.40. The van der Waals surface area contributed by atoms with E-state index in [4.69, 9.17) is 0 Å². The van der Waals surface area contributed by atoms with Crippen molar-refractivity contribution in [2.75, 3.05) is 33.2 Å². The number of carbonyl (C=O) groups excluding carboxylic acids is 1. The lowest BCUT2D eigenvalue weighted by Crippen LogP contribution is -2.58. The molecule has 0 spiro atoms. The summed E-state index contributed by atoms with van der Waals surface area (Å²) >= 11 is 1.82. The van der Waals surface area contributed by atoms with Crippen molar-refractivity contribution in [1.82, 2.24) is 14.7 Å². The van der Waals surface area contributed by atoms with Gasteiger partial charge in [0.1, 0.15) is 0 Å². The van der Waals surface area contributed by atoms with E-state index in [9.17, 15) is 4.79 Å². The molecule has 2 atom stereocenters. The number of thiophene rings is 1. The summed E-state index contributed by atoms with van der Waals surface area (Å²) in [6, 6.07) is 2.61. The first kappa shape index (κ1) is 15.0. The van der Waals surface area contributed by atoms with E-state index in [0.717, 1.165) is 39.1 Å². The fourth-order valence-electron chi connectivity index (χ4n) is 3.57. The van der Waals surface area contributed by atoms with Crippen LogP contribution in [0.1, 0.15) is 24.3 Å². The Hall–Kier alpha value is -0.910. The van der Waals surface area contributed by atoms with Gasteiger partial charge in [-0.1, -0.05) is 0 Å². The molecule has 3 heterocycles. The van der Waals surface area contributed by atoms with Gasteiger partial charge in [0, 0.05) is 43.6 Å². The number of rotatable bonds is 2. The average Bonchev–Trinajstić information content (AvgIpc) is 2.93. The highest BCUT2D eigenvalue weighted by Gasteiger charge is 2.33. The summed E-state index contributed by atoms with van der Waals surface area (Å²) in [5.41, 5.74) is 1.35. The molecule has 0 aliphatic carbocycles. The van der Waals surface area contributed by atoms with Gasteiger partial charge >= 0.3 is 0 Å². The van der Waals surface area contributed by atoms with E-state index in [1.54, 1.807) is 0 Å². The van der Waals surface area contributed by atoms with Crippen LogP contribution in [0.25, 0.3) is 0 Å². The standard InChI is InChI=1S/C16H25N3OS/c1-12-10-17(3)7-8-19(12)13(2)16(20)18-6-4-15-14(11-18)5-9-21-15/h5,9,12-13H,4,6-8,10-11H2,1-3H3/t12-,13-/m0/s1. The Balaban J connectivity index is 1.65. The minimum absolute atomic E-state index is 0.00566. The quantitative estimate of drug-likeness (QED) is 0.831. The molecule has 116 valence electrons. The topological polar surface area (TPSA) is 26.8 Å². The van der Waals surface area contributed by atoms with Crippen LogP contribution >= 0.6 is 11.3 Å². The van der Waals surface area contributed by atoms with Crippen LogP contribution in [-0.4, -0.2) is 65.9 Å². The van der Waals surface area contributed by atoms with Crippen LogP contribution in [0.15, 0.2) is 11.4 Å². The first-order valence-electron chi connectivity index (χ1n) is 7.84. The molecule has 0 bridgehead atoms. The van der Waals surface area contributed by atoms with E-state index in [1.807, 2.05) is 16.2 Å². The molecule has 5 heteroatoms. The Morgan fingerprint density at radius 3 is 2.95 bits per heavy atom. The predicted molar refractivity (Wildman–Crippen MR) is 86.6 cm³/mol. The normalized spacial score (nSPS) is 25.7. The SMILES string of the molecule is C[C@H]1CN(C)CCN1[C@@H](C)C(=O)N1CCc2sccc2C1. The van der Waals surface area contributed by atoms with Crippen LogP contribution in [0.3, 0.4) is 0 Å². The molecule has 1 aromatic rings. The van der Waals surface area contributed by atoms with E-state index in [0.29, 0.717) is 11.9 Å². The van der Waals surface area contributed by atoms with Gasteiger partial charge in [-0.2, -0.15) is 0 Å². The van der Waals surface area contributed by atoms with Crippen molar-refractivity contribution in [3.05, 3.63) is 21.9 Å². The van der Waals surface area contributed by atoms with Crippen LogP contribution in [0.2, 0.25) is 0 Å². The molecule has 1 fully saturated rings. The molecule has 1 aromatic heterocycles. The number of hydrogen-bond donors (Lipinski definition) is 0. The van der Waals surface area contributed by atoms with Gasteiger partial charge in [-0.15, -0.1) is 11.3 Å². The van der Waals surface area contributed by atoms with Crippen LogP contribution in [0.5, 0.6) is 0 Å². The zero-order chi connectivity index (χ0) is 15.0. The lowest BCUT2D eigenvalue weighted by molar-refractivity contribution is -0.139. The number of amides is 1. The fourth-order valence-corrected chi connectivity index (χ4v) is 4.46. The molecular formula is C16H25N3OS. The molecule has 2 aliphatic heterocycles. The zero-order valence-corrected chi connectivity index (χ0v) is 14.0. The number of hydrogen-bond acceptors (Lipinski definition) is 4. The first-order valence-corrected chi connectivity index (χ1v) is 8.72. The van der Waals surface area contributed by atoms with Gasteiger partial charge in [-0.05, 0) is 44.3 Å². The summed E-state index contributed by atoms with van der Waals surface area (Å²) in [4.78, 5) is 21.0. The minimum Gasteiger partial charge on any atom is -0.337 e. The van der Waals surface area contributed by atoms with E-state index in [-0.39, 0.29) is 6.04 Å². The maximum atomic E-state index is 12.8. The van der Waals surface area contributed by atoms with Crippen molar-refractivity contribution in [3.8, 4) is 0 Å². The maximum absolute atomic E-state index is 12.8. The number of carbonyl (C=O) groups is 1. The summed E-state index contributed by atoms with van der Waals surface area (Å²) in [6.07, 6.45) is 1.02. The third-order valence-electron chi connectivity index (χ3n) is 4.86. The molecule has 0 unspecified atom stereocenters. The molecule has 1 saturated heterocycles. The number of nitrogens with zero attached hydrogens (tertiary/aromatic N) is 3. The first-order chi connectivity index (χ1) is 10.1. The number of fused-ring (bicyclic) bond motifs is 1. The van der Waals surface area contributed by atoms with Crippen molar-refractivity contribution in [3.63, 3.8) is 0 Å². The molecule has 4 nitrogen and oxygen atoms in total. The van der Waals surface area contributed by atoms with Crippen molar-refractivity contribution >= 4 is 17.2 Å². The Morgan fingerprint density at radius 2 is 2.19 bits per heavy atom. The lowest BCUT2D eigenvalue weighted by Gasteiger charge is -2.42. The molecule has 2 aliphatic rings. The molecule has 0 radical (unpaired) electrons. The third kappa shape index (κ3) is 3.00. The Bertz CT molecular complexity index is 515. The van der Waals surface area contributed by atoms with Crippen molar-refractivity contribution in [2.45, 2.75) is 38.9 Å². The Morgan fingerprint density at radius 1 is 1.38 bits per heavy atom. The average molecular weight is 307 g/mol. The highest BCUT2D eigenvalue weighted by atomic mass is 32.1. The predicted octanol–water partition coefficient (Wildman–Crippen LogP) is 1.66. The van der Waals surface area contributed by atoms with E-state index < -0.39 is 0 Å². The molecular weight excluding hydrogens is 282 g/mol. The zero-order valence-electron chi connectivity index (χ0n) is 13.2. The monoisotopic (exact) mass is 307 g/mol. The Kier molecular flexibility index (Phi) is 4.33. The second-order valence-corrected chi connectivity index (χ2v) is 7.40. The molecule has 3 rings (SSSR count). The summed E-state index contributed by atoms with van der Waals surface area (Å²) < 4.78 is 0. The highest BCUT2D eigenvalue weighted by Crippen LogP contribution is 2.25. The third-order valence-corrected chi connectivity index (χ3v) is 5.88. The van der Waals surface area contributed by atoms with Crippen LogP contribution in [-0.2, 0) is 17.8 Å². The van der Waals surface area contributed by atoms with E-state index in [1.165, 1.54) is 10.4 Å². The summed E-state index contributed by atoms with van der Waals surface area (Å²) in [7, 11) is 2.16. The number of piperazine rings is 1. The van der Waals surface area contributed by atoms with Gasteiger partial charge < -0.3 is 9.80 Å². The van der Waals surface area contributed by atoms with Crippen LogP contribution < -0.4 is 0 Å². The smallest absolute Gasteiger partial charge is 0.239 e. The van der Waals surface area contributed by atoms with Crippen LogP contribution in [0.4, 0.5) is 0 Å². The lowest BCUT2D eigenvalue weighted by atomic mass is 10.1. The Labute approximate surface area is 131 Å². The molecule has 0 aromatic carbocycles. The van der Waals surface area contributed by atoms with Gasteiger partial charge in [0.25, 0.3) is 0 Å². The van der Waals surface area contributed by atoms with Gasteiger partial charge in [0.2, 0.25) is 5.91 Å². The maximum Gasteiger partial charge on any atom is 0.239 e. The minimum atomic E-state index is -0.00566. The molecule has 0 saturated carbocycles. The highest BCUT2D eigenvalue weighted by molar-refractivity contribution is 7.10. The van der Waals surface area contributed by atoms with Crippen LogP contribution in [0, 0.1) is 0 Å². The summed E-state index contributed by atoms with van der Waals surface area (Å²) in [5, 5.41) is 2.14. The molecule has 0 N–H and O–H groups in total. The van der Waals surface area contributed by atoms with Gasteiger partial charge in [-0.3, -0.25) is 9.69 Å². The van der Waals surface area contributed by atoms with Gasteiger partial charge in [0.05, 0.1) is 6.04 Å². The summed E-state index contributed by atoms with van der Waals surface area (Å²) in [6.45, 7) is 9.06. The van der Waals surface area contributed by atoms with Gasteiger partial charge in [-0.25, -0.2) is 0 Å². The molecule has 1 amide bonds. The van der Waals surface area contributed by atoms with Crippen molar-refractivity contribution in [2.24, 2.45) is 0 Å². The van der Waals surface area contributed by atoms with Crippen molar-refractivity contribution in [1.29, 1.82) is 0 Å². The van der Waals surface area contributed by atoms with Gasteiger partial charge in [0.15, 0.2) is 0 Å². The van der Waals surface area contributed by atoms with Crippen molar-refractivity contribution < 1.29 is 4.79 Å². The largest absolute Gasteiger partial charge is 0.337 e. The summed E-state index contributed by atoms with van der Waals surface area (Å²) in [5.74, 6) is 0.295. The van der Waals surface area contributed by atoms with E-state index >= 15 is 0 Å².